The van der Waals surface area contributed by atoms with Gasteiger partial charge in [0, 0.05) is 17.4 Å². The molecule has 0 N–H and O–H groups in total. The number of benzene rings is 1. The third-order valence-electron chi connectivity index (χ3n) is 4.93. The number of hydrogen-bond acceptors (Lipinski definition) is 5. The van der Waals surface area contributed by atoms with Crippen molar-refractivity contribution in [2.24, 2.45) is 5.92 Å². The van der Waals surface area contributed by atoms with Gasteiger partial charge in [-0.1, -0.05) is 18.2 Å². The molecule has 0 aliphatic carbocycles. The molecule has 0 amide bonds. The minimum absolute atomic E-state index is 0.0762. The van der Waals surface area contributed by atoms with Crippen LogP contribution >= 0.6 is 0 Å². The summed E-state index contributed by atoms with van der Waals surface area (Å²) in [5.74, 6) is -0.0807. The number of para-hydroxylation sites is 1. The minimum Gasteiger partial charge on any atom is -0.493 e. The lowest BCUT2D eigenvalue weighted by Crippen LogP contribution is -2.58. The molecule has 6 nitrogen and oxygen atoms in total. The predicted molar refractivity (Wildman–Crippen MR) is 93.6 cm³/mol. The molecule has 25 heavy (non-hydrogen) atoms. The van der Waals surface area contributed by atoms with Crippen molar-refractivity contribution < 1.29 is 22.7 Å². The molecule has 0 radical (unpaired) electrons. The Balaban J connectivity index is 2.21. The van der Waals surface area contributed by atoms with Crippen LogP contribution in [-0.4, -0.2) is 43.7 Å². The van der Waals surface area contributed by atoms with Crippen molar-refractivity contribution in [2.75, 3.05) is 19.5 Å². The van der Waals surface area contributed by atoms with Crippen molar-refractivity contribution in [2.45, 2.75) is 32.2 Å². The Labute approximate surface area is 148 Å². The van der Waals surface area contributed by atoms with Crippen molar-refractivity contribution in [3.8, 4) is 5.75 Å². The monoisotopic (exact) mass is 365 g/mol. The second-order valence-corrected chi connectivity index (χ2v) is 8.77. The fourth-order valence-corrected chi connectivity index (χ4v) is 5.38. The summed E-state index contributed by atoms with van der Waals surface area (Å²) in [6.07, 6.45) is 2.83. The highest BCUT2D eigenvalue weighted by Crippen LogP contribution is 2.49. The maximum atomic E-state index is 12.5. The van der Waals surface area contributed by atoms with E-state index in [9.17, 15) is 13.2 Å². The summed E-state index contributed by atoms with van der Waals surface area (Å²) in [5, 5.41) is 0. The zero-order valence-corrected chi connectivity index (χ0v) is 15.7. The normalized spacial score (nSPS) is 24.5. The van der Waals surface area contributed by atoms with Gasteiger partial charge in [0.2, 0.25) is 10.0 Å². The highest BCUT2D eigenvalue weighted by molar-refractivity contribution is 7.88. The number of sulfonamides is 1. The average molecular weight is 365 g/mol. The van der Waals surface area contributed by atoms with Crippen LogP contribution in [0, 0.1) is 5.92 Å². The fourth-order valence-electron chi connectivity index (χ4n) is 3.90. The molecule has 136 valence electrons. The van der Waals surface area contributed by atoms with Crippen molar-refractivity contribution >= 4 is 16.0 Å². The molecule has 3 rings (SSSR count). The highest BCUT2D eigenvalue weighted by Gasteiger charge is 2.52. The molecule has 2 heterocycles. The van der Waals surface area contributed by atoms with Gasteiger partial charge in [0.25, 0.3) is 0 Å². The molecule has 2 atom stereocenters. The van der Waals surface area contributed by atoms with Gasteiger partial charge in [0.1, 0.15) is 11.4 Å². The Hall–Kier alpha value is -2.02. The lowest BCUT2D eigenvalue weighted by atomic mass is 9.71. The minimum atomic E-state index is -3.67. The molecule has 0 saturated carbocycles. The summed E-state index contributed by atoms with van der Waals surface area (Å²) in [6.45, 7) is 5.92. The number of hydrogen-bond donors (Lipinski definition) is 0. The quantitative estimate of drug-likeness (QED) is 0.769. The molecule has 0 unspecified atom stereocenters. The molecular formula is C18H23NO5S. The summed E-state index contributed by atoms with van der Waals surface area (Å²) >= 11 is 0. The van der Waals surface area contributed by atoms with Gasteiger partial charge in [-0.3, -0.25) is 4.31 Å². The smallest absolute Gasteiger partial charge is 0.355 e. The molecule has 0 fully saturated rings. The average Bonchev–Trinajstić information content (AvgIpc) is 2.52. The van der Waals surface area contributed by atoms with E-state index in [0.29, 0.717) is 6.61 Å². The van der Waals surface area contributed by atoms with Crippen molar-refractivity contribution in [1.82, 2.24) is 4.31 Å². The first-order valence-corrected chi connectivity index (χ1v) is 10.1. The first-order chi connectivity index (χ1) is 11.7. The molecule has 1 aromatic rings. The summed E-state index contributed by atoms with van der Waals surface area (Å²) < 4.78 is 37.1. The second kappa shape index (κ2) is 6.05. The summed E-state index contributed by atoms with van der Waals surface area (Å²) in [6, 6.07) is 7.65. The second-order valence-electron chi connectivity index (χ2n) is 6.93. The van der Waals surface area contributed by atoms with E-state index in [1.54, 1.807) is 13.0 Å². The number of carbonyl (C=O) groups is 1. The Morgan fingerprint density at radius 1 is 1.36 bits per heavy atom. The van der Waals surface area contributed by atoms with Gasteiger partial charge in [-0.05, 0) is 32.9 Å². The lowest BCUT2D eigenvalue weighted by molar-refractivity contribution is -0.141. The van der Waals surface area contributed by atoms with Gasteiger partial charge in [-0.15, -0.1) is 0 Å². The van der Waals surface area contributed by atoms with Crippen LogP contribution < -0.4 is 4.74 Å². The largest absolute Gasteiger partial charge is 0.493 e. The van der Waals surface area contributed by atoms with Crippen LogP contribution in [0.1, 0.15) is 32.3 Å². The Morgan fingerprint density at radius 3 is 2.68 bits per heavy atom. The third-order valence-corrected chi connectivity index (χ3v) is 6.26. The molecule has 2 aliphatic heterocycles. The van der Waals surface area contributed by atoms with E-state index in [2.05, 4.69) is 0 Å². The fraction of sp³-hybridized carbons (Fsp3) is 0.500. The summed E-state index contributed by atoms with van der Waals surface area (Å²) in [7, 11) is -3.67. The van der Waals surface area contributed by atoms with E-state index in [1.165, 1.54) is 4.31 Å². The van der Waals surface area contributed by atoms with Crippen LogP contribution in [0.25, 0.3) is 0 Å². The number of carbonyl (C=O) groups excluding carboxylic acids is 1. The summed E-state index contributed by atoms with van der Waals surface area (Å²) in [5.41, 5.74) is 0.205. The van der Waals surface area contributed by atoms with E-state index < -0.39 is 21.5 Å². The standard InChI is InChI=1S/C18H23NO5S/c1-5-23-17(20)15-10-13-12-8-6-7-9-16(12)24-11-14(13)18(2,3)19(15)25(4,21)22/h6-10,13-14H,5,11H2,1-4H3/t13-,14-/m0/s1. The van der Waals surface area contributed by atoms with Crippen LogP contribution in [0.4, 0.5) is 0 Å². The van der Waals surface area contributed by atoms with Crippen molar-refractivity contribution in [3.63, 3.8) is 0 Å². The third kappa shape index (κ3) is 2.90. The van der Waals surface area contributed by atoms with Crippen LogP contribution in [0.3, 0.4) is 0 Å². The topological polar surface area (TPSA) is 72.9 Å². The van der Waals surface area contributed by atoms with Gasteiger partial charge in [0.15, 0.2) is 0 Å². The SMILES string of the molecule is CCOC(=O)C1=C[C@H]2c3ccccc3OC[C@@H]2C(C)(C)N1S(C)(=O)=O. The van der Waals surface area contributed by atoms with Gasteiger partial charge in [-0.25, -0.2) is 13.2 Å². The van der Waals surface area contributed by atoms with Crippen molar-refractivity contribution in [1.29, 1.82) is 0 Å². The number of fused-ring (bicyclic) bond motifs is 3. The van der Waals surface area contributed by atoms with Crippen LogP contribution in [0.2, 0.25) is 0 Å². The lowest BCUT2D eigenvalue weighted by Gasteiger charge is -2.51. The maximum Gasteiger partial charge on any atom is 0.355 e. The van der Waals surface area contributed by atoms with E-state index >= 15 is 0 Å². The molecule has 0 saturated heterocycles. The number of nitrogens with zero attached hydrogens (tertiary/aromatic N) is 1. The molecule has 0 bridgehead atoms. The Bertz CT molecular complexity index is 828. The van der Waals surface area contributed by atoms with Crippen molar-refractivity contribution in [3.05, 3.63) is 41.6 Å². The van der Waals surface area contributed by atoms with Gasteiger partial charge in [-0.2, -0.15) is 0 Å². The van der Waals surface area contributed by atoms with Gasteiger partial charge < -0.3 is 9.47 Å². The van der Waals surface area contributed by atoms with E-state index in [1.807, 2.05) is 38.1 Å². The zero-order chi connectivity index (χ0) is 18.4. The Morgan fingerprint density at radius 2 is 2.04 bits per heavy atom. The number of rotatable bonds is 3. The number of allylic oxidation sites excluding steroid dienone is 1. The van der Waals surface area contributed by atoms with Gasteiger partial charge in [0.05, 0.1) is 25.0 Å². The van der Waals surface area contributed by atoms with E-state index in [0.717, 1.165) is 17.6 Å². The molecule has 0 aromatic heterocycles. The molecule has 1 aromatic carbocycles. The first-order valence-electron chi connectivity index (χ1n) is 8.29. The maximum absolute atomic E-state index is 12.5. The highest BCUT2D eigenvalue weighted by atomic mass is 32.2. The van der Waals surface area contributed by atoms with Gasteiger partial charge >= 0.3 is 5.97 Å². The molecule has 2 aliphatic rings. The van der Waals surface area contributed by atoms with E-state index in [4.69, 9.17) is 9.47 Å². The number of esters is 1. The van der Waals surface area contributed by atoms with E-state index in [-0.39, 0.29) is 24.1 Å². The van der Waals surface area contributed by atoms with Crippen LogP contribution in [0.15, 0.2) is 36.0 Å². The molecule has 0 spiro atoms. The predicted octanol–water partition coefficient (Wildman–Crippen LogP) is 2.28. The molecular weight excluding hydrogens is 342 g/mol. The number of ether oxygens (including phenoxy) is 2. The summed E-state index contributed by atoms with van der Waals surface area (Å²) in [4.78, 5) is 12.5. The Kier molecular flexibility index (Phi) is 4.31. The first kappa shape index (κ1) is 17.8. The van der Waals surface area contributed by atoms with Crippen LogP contribution in [0.5, 0.6) is 5.75 Å². The zero-order valence-electron chi connectivity index (χ0n) is 14.9. The molecule has 7 heteroatoms. The van der Waals surface area contributed by atoms with Crippen LogP contribution in [-0.2, 0) is 19.6 Å².